The van der Waals surface area contributed by atoms with E-state index in [-0.39, 0.29) is 0 Å². The van der Waals surface area contributed by atoms with Gasteiger partial charge < -0.3 is 0 Å². The Kier molecular flexibility index (Phi) is 4.74. The third-order valence-electron chi connectivity index (χ3n) is 0.561. The Morgan fingerprint density at radius 3 is 2.57 bits per heavy atom. The van der Waals surface area contributed by atoms with Crippen LogP contribution in [0.25, 0.3) is 0 Å². The molecule has 0 amide bonds. The lowest BCUT2D eigenvalue weighted by molar-refractivity contribution is 0.352. The van der Waals surface area contributed by atoms with Crippen molar-refractivity contribution < 1.29 is 5.11 Å². The quantitative estimate of drug-likeness (QED) is 0.370. The predicted molar refractivity (Wildman–Crippen MR) is 29.3 cm³/mol. The van der Waals surface area contributed by atoms with Gasteiger partial charge in [0.15, 0.2) is 0 Å². The van der Waals surface area contributed by atoms with Crippen molar-refractivity contribution in [1.29, 1.82) is 0 Å². The molecule has 0 saturated heterocycles. The van der Waals surface area contributed by atoms with Crippen LogP contribution in [0.4, 0.5) is 0 Å². The molecule has 0 rings (SSSR count). The van der Waals surface area contributed by atoms with Crippen molar-refractivity contribution in [3.05, 3.63) is 24.5 Å². The van der Waals surface area contributed by atoms with E-state index in [1.807, 2.05) is 13.0 Å². The molecular formula is C6H9O. The van der Waals surface area contributed by atoms with Crippen LogP contribution in [0.1, 0.15) is 13.3 Å². The molecule has 0 heterocycles. The van der Waals surface area contributed by atoms with E-state index < -0.39 is 0 Å². The van der Waals surface area contributed by atoms with Crippen LogP contribution in [0.3, 0.4) is 0 Å². The third-order valence-corrected chi connectivity index (χ3v) is 0.561. The van der Waals surface area contributed by atoms with Crippen LogP contribution in [0.2, 0.25) is 0 Å². The standard InChI is InChI=1S/C6H9O/c1-2-3-4-5-6-7/h3-6H,2H2,1H3. The van der Waals surface area contributed by atoms with E-state index in [1.54, 1.807) is 6.08 Å². The Bertz CT molecular complexity index is 72.2. The molecule has 1 radical (unpaired) electrons. The fourth-order valence-electron chi connectivity index (χ4n) is 0.260. The fraction of sp³-hybridized carbons (Fsp3) is 0.333. The van der Waals surface area contributed by atoms with Gasteiger partial charge in [-0.3, -0.25) is 5.11 Å². The van der Waals surface area contributed by atoms with Crippen LogP contribution in [0.15, 0.2) is 24.5 Å². The van der Waals surface area contributed by atoms with Crippen LogP contribution in [0.5, 0.6) is 0 Å². The summed E-state index contributed by atoms with van der Waals surface area (Å²) < 4.78 is 0. The van der Waals surface area contributed by atoms with Crippen molar-refractivity contribution in [2.45, 2.75) is 13.3 Å². The lowest BCUT2D eigenvalue weighted by Crippen LogP contribution is -1.49. The van der Waals surface area contributed by atoms with Gasteiger partial charge >= 0.3 is 0 Å². The first-order valence-electron chi connectivity index (χ1n) is 2.35. The second-order valence-electron chi connectivity index (χ2n) is 1.16. The molecule has 0 aromatic heterocycles. The molecule has 0 fully saturated rings. The Morgan fingerprint density at radius 2 is 2.14 bits per heavy atom. The molecule has 0 atom stereocenters. The smallest absolute Gasteiger partial charge is 0.142 e. The van der Waals surface area contributed by atoms with Gasteiger partial charge in [-0.15, -0.1) is 0 Å². The van der Waals surface area contributed by atoms with E-state index in [0.717, 1.165) is 12.7 Å². The summed E-state index contributed by atoms with van der Waals surface area (Å²) in [5, 5.41) is 9.57. The lowest BCUT2D eigenvalue weighted by Gasteiger charge is -1.68. The molecule has 0 bridgehead atoms. The molecule has 0 unspecified atom stereocenters. The fourth-order valence-corrected chi connectivity index (χ4v) is 0.260. The van der Waals surface area contributed by atoms with Gasteiger partial charge in [-0.1, -0.05) is 19.1 Å². The first kappa shape index (κ1) is 6.28. The molecule has 0 spiro atoms. The van der Waals surface area contributed by atoms with Gasteiger partial charge in [-0.2, -0.15) is 0 Å². The first-order valence-corrected chi connectivity index (χ1v) is 2.35. The molecule has 0 aliphatic rings. The maximum atomic E-state index is 9.57. The normalized spacial score (nSPS) is 11.6. The molecule has 1 heteroatoms. The van der Waals surface area contributed by atoms with Crippen molar-refractivity contribution in [3.63, 3.8) is 0 Å². The summed E-state index contributed by atoms with van der Waals surface area (Å²) >= 11 is 0. The highest BCUT2D eigenvalue weighted by atomic mass is 16.2. The largest absolute Gasteiger partial charge is 0.299 e. The summed E-state index contributed by atoms with van der Waals surface area (Å²) in [7, 11) is 0. The van der Waals surface area contributed by atoms with E-state index in [1.165, 1.54) is 6.08 Å². The minimum Gasteiger partial charge on any atom is -0.299 e. The molecular weight excluding hydrogens is 88.1 g/mol. The SMILES string of the molecule is CCC=CC=C[O]. The van der Waals surface area contributed by atoms with Gasteiger partial charge in [0.1, 0.15) is 6.26 Å². The van der Waals surface area contributed by atoms with Crippen molar-refractivity contribution >= 4 is 0 Å². The average Bonchev–Trinajstić information content (AvgIpc) is 1.69. The minimum atomic E-state index is 0.770. The second-order valence-corrected chi connectivity index (χ2v) is 1.16. The van der Waals surface area contributed by atoms with E-state index in [4.69, 9.17) is 0 Å². The van der Waals surface area contributed by atoms with Crippen molar-refractivity contribution in [3.8, 4) is 0 Å². The second kappa shape index (κ2) is 5.28. The van der Waals surface area contributed by atoms with Gasteiger partial charge in [0, 0.05) is 0 Å². The molecule has 0 aliphatic carbocycles. The number of hydrogen-bond acceptors (Lipinski definition) is 0. The van der Waals surface area contributed by atoms with Gasteiger partial charge in [0.2, 0.25) is 0 Å². The van der Waals surface area contributed by atoms with Crippen molar-refractivity contribution in [1.82, 2.24) is 0 Å². The number of hydrogen-bond donors (Lipinski definition) is 0. The Hall–Kier alpha value is -0.720. The van der Waals surface area contributed by atoms with E-state index in [9.17, 15) is 5.11 Å². The zero-order chi connectivity index (χ0) is 5.54. The Morgan fingerprint density at radius 1 is 1.43 bits per heavy atom. The van der Waals surface area contributed by atoms with Gasteiger partial charge in [0.05, 0.1) is 0 Å². The summed E-state index contributed by atoms with van der Waals surface area (Å²) in [6, 6.07) is 0. The Balaban J connectivity index is 3.09. The molecule has 1 nitrogen and oxygen atoms in total. The highest BCUT2D eigenvalue weighted by Gasteiger charge is 1.59. The molecule has 0 aliphatic heterocycles. The maximum Gasteiger partial charge on any atom is 0.142 e. The zero-order valence-corrected chi connectivity index (χ0v) is 4.42. The molecule has 0 saturated carbocycles. The highest BCUT2D eigenvalue weighted by Crippen LogP contribution is 1.78. The summed E-state index contributed by atoms with van der Waals surface area (Å²) in [6.07, 6.45) is 6.90. The van der Waals surface area contributed by atoms with Crippen molar-refractivity contribution in [2.75, 3.05) is 0 Å². The molecule has 0 aromatic rings. The van der Waals surface area contributed by atoms with Gasteiger partial charge in [-0.05, 0) is 12.5 Å². The monoisotopic (exact) mass is 97.1 g/mol. The minimum absolute atomic E-state index is 0.770. The molecule has 39 valence electrons. The maximum absolute atomic E-state index is 9.57. The summed E-state index contributed by atoms with van der Waals surface area (Å²) in [5.41, 5.74) is 0. The van der Waals surface area contributed by atoms with E-state index in [0.29, 0.717) is 0 Å². The summed E-state index contributed by atoms with van der Waals surface area (Å²) in [5.74, 6) is 0. The Labute approximate surface area is 44.0 Å². The summed E-state index contributed by atoms with van der Waals surface area (Å²) in [4.78, 5) is 0. The number of allylic oxidation sites excluding steroid dienone is 3. The van der Waals surface area contributed by atoms with Crippen LogP contribution >= 0.6 is 0 Å². The summed E-state index contributed by atoms with van der Waals surface area (Å²) in [6.45, 7) is 2.02. The number of rotatable bonds is 2. The average molecular weight is 97.1 g/mol. The van der Waals surface area contributed by atoms with Crippen molar-refractivity contribution in [2.24, 2.45) is 0 Å². The predicted octanol–water partition coefficient (Wildman–Crippen LogP) is 1.90. The van der Waals surface area contributed by atoms with E-state index >= 15 is 0 Å². The van der Waals surface area contributed by atoms with Gasteiger partial charge in [0.25, 0.3) is 0 Å². The zero-order valence-electron chi connectivity index (χ0n) is 4.42. The highest BCUT2D eigenvalue weighted by molar-refractivity contribution is 4.98. The van der Waals surface area contributed by atoms with Crippen LogP contribution in [-0.2, 0) is 5.11 Å². The lowest BCUT2D eigenvalue weighted by atomic mass is 10.4. The molecule has 0 aromatic carbocycles. The third kappa shape index (κ3) is 5.28. The first-order chi connectivity index (χ1) is 3.41. The molecule has 7 heavy (non-hydrogen) atoms. The van der Waals surface area contributed by atoms with Crippen LogP contribution in [-0.4, -0.2) is 0 Å². The van der Waals surface area contributed by atoms with E-state index in [2.05, 4.69) is 0 Å². The topological polar surface area (TPSA) is 19.9 Å². The molecule has 0 N–H and O–H groups in total. The van der Waals surface area contributed by atoms with Gasteiger partial charge in [-0.25, -0.2) is 0 Å². The van der Waals surface area contributed by atoms with Crippen LogP contribution in [0, 0.1) is 0 Å². The van der Waals surface area contributed by atoms with Crippen LogP contribution < -0.4 is 0 Å².